The molecule has 2 rings (SSSR count). The molecule has 0 radical (unpaired) electrons. The fourth-order valence-electron chi connectivity index (χ4n) is 1.50. The Kier molecular flexibility index (Phi) is 5.05. The van der Waals surface area contributed by atoms with Crippen LogP contribution in [0.2, 0.25) is 5.02 Å². The van der Waals surface area contributed by atoms with Crippen LogP contribution in [0.3, 0.4) is 0 Å². The van der Waals surface area contributed by atoms with Gasteiger partial charge in [-0.3, -0.25) is 0 Å². The molecule has 0 aliphatic carbocycles. The minimum absolute atomic E-state index is 0.0475. The first-order valence-electron chi connectivity index (χ1n) is 5.56. The predicted molar refractivity (Wildman–Crippen MR) is 84.5 cm³/mol. The summed E-state index contributed by atoms with van der Waals surface area (Å²) in [6.07, 6.45) is 0. The van der Waals surface area contributed by atoms with Gasteiger partial charge in [-0.15, -0.1) is 11.3 Å². The number of benzene rings is 1. The highest BCUT2D eigenvalue weighted by molar-refractivity contribution is 9.11. The van der Waals surface area contributed by atoms with Crippen LogP contribution in [0.5, 0.6) is 0 Å². The van der Waals surface area contributed by atoms with Gasteiger partial charge >= 0.3 is 5.97 Å². The zero-order valence-corrected chi connectivity index (χ0v) is 14.3. The molecule has 2 N–H and O–H groups in total. The first kappa shape index (κ1) is 16.4. The van der Waals surface area contributed by atoms with Crippen LogP contribution in [-0.2, 0) is 16.6 Å². The van der Waals surface area contributed by atoms with Crippen molar-refractivity contribution in [3.8, 4) is 0 Å². The van der Waals surface area contributed by atoms with Crippen molar-refractivity contribution in [2.75, 3.05) is 0 Å². The summed E-state index contributed by atoms with van der Waals surface area (Å²) in [5, 5.41) is 9.45. The second-order valence-corrected chi connectivity index (χ2v) is 8.55. The molecular weight excluding hydrogens is 402 g/mol. The lowest BCUT2D eigenvalue weighted by Crippen LogP contribution is -2.23. The van der Waals surface area contributed by atoms with E-state index in [0.717, 1.165) is 23.0 Å². The van der Waals surface area contributed by atoms with E-state index in [9.17, 15) is 13.2 Å². The minimum Gasteiger partial charge on any atom is -0.477 e. The lowest BCUT2D eigenvalue weighted by Gasteiger charge is -2.06. The van der Waals surface area contributed by atoms with Crippen molar-refractivity contribution in [2.45, 2.75) is 11.4 Å². The number of carboxylic acids is 1. The third-order valence-electron chi connectivity index (χ3n) is 2.54. The van der Waals surface area contributed by atoms with Crippen molar-refractivity contribution in [1.29, 1.82) is 0 Å². The molecule has 21 heavy (non-hydrogen) atoms. The number of halogens is 2. The largest absolute Gasteiger partial charge is 0.477 e. The standard InChI is InChI=1S/C12H9BrClNO4S2/c13-11-10(5-9(20-11)12(16)17)21(18,19)15-6-7-1-3-8(14)4-2-7/h1-5,15H,6H2,(H,16,17). The first-order valence-corrected chi connectivity index (χ1v) is 9.03. The van der Waals surface area contributed by atoms with Crippen LogP contribution in [-0.4, -0.2) is 19.5 Å². The quantitative estimate of drug-likeness (QED) is 0.792. The van der Waals surface area contributed by atoms with Crippen LogP contribution in [0.15, 0.2) is 39.0 Å². The molecule has 0 saturated carbocycles. The van der Waals surface area contributed by atoms with Gasteiger partial charge in [0.15, 0.2) is 0 Å². The molecule has 0 aliphatic rings. The lowest BCUT2D eigenvalue weighted by molar-refractivity contribution is 0.0702. The molecule has 0 spiro atoms. The van der Waals surface area contributed by atoms with E-state index in [1.54, 1.807) is 24.3 Å². The number of hydrogen-bond acceptors (Lipinski definition) is 4. The zero-order chi connectivity index (χ0) is 15.6. The van der Waals surface area contributed by atoms with E-state index in [0.29, 0.717) is 5.02 Å². The normalized spacial score (nSPS) is 11.5. The van der Waals surface area contributed by atoms with Crippen molar-refractivity contribution < 1.29 is 18.3 Å². The Morgan fingerprint density at radius 1 is 1.33 bits per heavy atom. The summed E-state index contributed by atoms with van der Waals surface area (Å²) in [6, 6.07) is 7.86. The molecule has 0 atom stereocenters. The molecule has 0 aliphatic heterocycles. The van der Waals surface area contributed by atoms with Crippen LogP contribution in [0.4, 0.5) is 0 Å². The lowest BCUT2D eigenvalue weighted by atomic mass is 10.2. The summed E-state index contributed by atoms with van der Waals surface area (Å²) in [6.45, 7) is 0.0875. The number of hydrogen-bond donors (Lipinski definition) is 2. The monoisotopic (exact) mass is 409 g/mol. The highest BCUT2D eigenvalue weighted by Gasteiger charge is 2.22. The highest BCUT2D eigenvalue weighted by Crippen LogP contribution is 2.31. The third-order valence-corrected chi connectivity index (χ3v) is 6.43. The predicted octanol–water partition coefficient (Wildman–Crippen LogP) is 3.34. The van der Waals surface area contributed by atoms with Gasteiger partial charge in [0, 0.05) is 11.6 Å². The van der Waals surface area contributed by atoms with Crippen LogP contribution in [0, 0.1) is 0 Å². The number of nitrogens with one attached hydrogen (secondary N) is 1. The Hall–Kier alpha value is -0.930. The molecular formula is C12H9BrClNO4S2. The van der Waals surface area contributed by atoms with Gasteiger partial charge in [-0.2, -0.15) is 0 Å². The number of rotatable bonds is 5. The van der Waals surface area contributed by atoms with Gasteiger partial charge in [-0.25, -0.2) is 17.9 Å². The Balaban J connectivity index is 2.18. The molecule has 112 valence electrons. The van der Waals surface area contributed by atoms with Crippen LogP contribution in [0.25, 0.3) is 0 Å². The van der Waals surface area contributed by atoms with Gasteiger partial charge in [0.25, 0.3) is 0 Å². The second-order valence-electron chi connectivity index (χ2n) is 4.00. The summed E-state index contributed by atoms with van der Waals surface area (Å²) >= 11 is 9.68. The molecule has 0 fully saturated rings. The van der Waals surface area contributed by atoms with E-state index < -0.39 is 16.0 Å². The van der Waals surface area contributed by atoms with Crippen LogP contribution >= 0.6 is 38.9 Å². The van der Waals surface area contributed by atoms with Gasteiger partial charge in [-0.05, 0) is 39.7 Å². The van der Waals surface area contributed by atoms with Crippen molar-refractivity contribution in [3.63, 3.8) is 0 Å². The van der Waals surface area contributed by atoms with Crippen LogP contribution in [0.1, 0.15) is 15.2 Å². The van der Waals surface area contributed by atoms with E-state index in [-0.39, 0.29) is 20.1 Å². The summed E-state index contributed by atoms with van der Waals surface area (Å²) in [7, 11) is -3.79. The number of thiophene rings is 1. The van der Waals surface area contributed by atoms with Gasteiger partial charge in [0.2, 0.25) is 10.0 Å². The summed E-state index contributed by atoms with van der Waals surface area (Å²) in [5.74, 6) is -1.17. The highest BCUT2D eigenvalue weighted by atomic mass is 79.9. The molecule has 0 amide bonds. The minimum atomic E-state index is -3.79. The van der Waals surface area contributed by atoms with E-state index >= 15 is 0 Å². The molecule has 0 unspecified atom stereocenters. The fraction of sp³-hybridized carbons (Fsp3) is 0.0833. The Morgan fingerprint density at radius 2 is 1.95 bits per heavy atom. The number of sulfonamides is 1. The Bertz CT molecular complexity index is 771. The van der Waals surface area contributed by atoms with E-state index in [1.165, 1.54) is 0 Å². The van der Waals surface area contributed by atoms with Gasteiger partial charge in [0.05, 0.1) is 3.79 Å². The molecule has 0 saturated heterocycles. The second kappa shape index (κ2) is 6.45. The van der Waals surface area contributed by atoms with Crippen molar-refractivity contribution >= 4 is 54.9 Å². The third kappa shape index (κ3) is 4.04. The number of carboxylic acid groups (broad SMARTS) is 1. The summed E-state index contributed by atoms with van der Waals surface area (Å²) < 4.78 is 27.0. The topological polar surface area (TPSA) is 83.5 Å². The molecule has 1 aromatic carbocycles. The average molecular weight is 411 g/mol. The Morgan fingerprint density at radius 3 is 2.48 bits per heavy atom. The first-order chi connectivity index (χ1) is 9.79. The maximum atomic E-state index is 12.2. The zero-order valence-electron chi connectivity index (χ0n) is 10.3. The van der Waals surface area contributed by atoms with Crippen molar-refractivity contribution in [2.24, 2.45) is 0 Å². The maximum absolute atomic E-state index is 12.2. The molecule has 2 aromatic rings. The maximum Gasteiger partial charge on any atom is 0.345 e. The molecule has 9 heteroatoms. The van der Waals surface area contributed by atoms with E-state index in [2.05, 4.69) is 20.7 Å². The van der Waals surface area contributed by atoms with Gasteiger partial charge in [0.1, 0.15) is 9.77 Å². The van der Waals surface area contributed by atoms with E-state index in [1.807, 2.05) is 0 Å². The molecule has 0 bridgehead atoms. The SMILES string of the molecule is O=C(O)c1cc(S(=O)(=O)NCc2ccc(Cl)cc2)c(Br)s1. The summed E-state index contributed by atoms with van der Waals surface area (Å²) in [4.78, 5) is 10.7. The molecule has 5 nitrogen and oxygen atoms in total. The van der Waals surface area contributed by atoms with Gasteiger partial charge < -0.3 is 5.11 Å². The molecule has 1 heterocycles. The summed E-state index contributed by atoms with van der Waals surface area (Å²) in [5.41, 5.74) is 0.743. The Labute approximate surface area is 138 Å². The van der Waals surface area contributed by atoms with Crippen molar-refractivity contribution in [3.05, 3.63) is 49.6 Å². The van der Waals surface area contributed by atoms with Crippen molar-refractivity contribution in [1.82, 2.24) is 4.72 Å². The number of aromatic carboxylic acids is 1. The van der Waals surface area contributed by atoms with E-state index in [4.69, 9.17) is 16.7 Å². The molecule has 1 aromatic heterocycles. The fourth-order valence-corrected chi connectivity index (χ4v) is 5.04. The van der Waals surface area contributed by atoms with Crippen LogP contribution < -0.4 is 4.72 Å². The number of carbonyl (C=O) groups is 1. The van der Waals surface area contributed by atoms with Gasteiger partial charge in [-0.1, -0.05) is 23.7 Å². The average Bonchev–Trinajstić information content (AvgIpc) is 2.81. The smallest absolute Gasteiger partial charge is 0.345 e.